The molecule has 1 aliphatic carbocycles. The summed E-state index contributed by atoms with van der Waals surface area (Å²) in [7, 11) is 0. The van der Waals surface area contributed by atoms with Crippen molar-refractivity contribution in [2.45, 2.75) is 43.7 Å². The smallest absolute Gasteiger partial charge is 0.317 e. The number of hydrogen-bond acceptors (Lipinski definition) is 3. The lowest BCUT2D eigenvalue weighted by Gasteiger charge is -2.42. The first-order valence-corrected chi connectivity index (χ1v) is 7.23. The van der Waals surface area contributed by atoms with E-state index in [9.17, 15) is 9.59 Å². The highest BCUT2D eigenvalue weighted by molar-refractivity contribution is 5.87. The number of carbonyl (C=O) groups excluding carboxylic acids is 2. The number of amides is 3. The molecule has 3 aliphatic rings. The van der Waals surface area contributed by atoms with Gasteiger partial charge < -0.3 is 20.9 Å². The molecule has 6 nitrogen and oxygen atoms in total. The summed E-state index contributed by atoms with van der Waals surface area (Å²) in [5.41, 5.74) is 5.65. The van der Waals surface area contributed by atoms with Crippen LogP contribution in [0.4, 0.5) is 4.79 Å². The topological polar surface area (TPSA) is 78.7 Å². The van der Waals surface area contributed by atoms with Crippen LogP contribution in [0.1, 0.15) is 32.1 Å². The molecule has 0 aromatic rings. The molecule has 0 aromatic carbocycles. The van der Waals surface area contributed by atoms with Crippen LogP contribution in [0, 0.1) is 0 Å². The van der Waals surface area contributed by atoms with Gasteiger partial charge in [0.15, 0.2) is 0 Å². The fourth-order valence-electron chi connectivity index (χ4n) is 3.50. The van der Waals surface area contributed by atoms with Gasteiger partial charge >= 0.3 is 6.03 Å². The number of hydrogen-bond donors (Lipinski definition) is 2. The average Bonchev–Trinajstić information content (AvgIpc) is 2.80. The summed E-state index contributed by atoms with van der Waals surface area (Å²) in [4.78, 5) is 27.9. The largest absolute Gasteiger partial charge is 0.337 e. The fourth-order valence-corrected chi connectivity index (χ4v) is 3.50. The van der Waals surface area contributed by atoms with Crippen molar-refractivity contribution < 1.29 is 9.59 Å². The summed E-state index contributed by atoms with van der Waals surface area (Å²) < 4.78 is 0. The number of piperazine rings is 1. The summed E-state index contributed by atoms with van der Waals surface area (Å²) in [5, 5.41) is 2.83. The molecular formula is C13H22N4O2. The Balaban J connectivity index is 1.66. The number of urea groups is 1. The minimum absolute atomic E-state index is 0.00257. The molecule has 2 saturated heterocycles. The molecule has 3 N–H and O–H groups in total. The van der Waals surface area contributed by atoms with Crippen LogP contribution in [-0.4, -0.2) is 59.5 Å². The van der Waals surface area contributed by atoms with Gasteiger partial charge in [-0.3, -0.25) is 4.79 Å². The summed E-state index contributed by atoms with van der Waals surface area (Å²) in [6, 6.07) is 0.120. The monoisotopic (exact) mass is 266 g/mol. The van der Waals surface area contributed by atoms with Gasteiger partial charge in [-0.2, -0.15) is 0 Å². The second-order valence-electron chi connectivity index (χ2n) is 6.00. The Hall–Kier alpha value is -1.30. The van der Waals surface area contributed by atoms with Gasteiger partial charge in [-0.05, 0) is 12.8 Å². The highest BCUT2D eigenvalue weighted by atomic mass is 16.2. The summed E-state index contributed by atoms with van der Waals surface area (Å²) in [5.74, 6) is 0.0891. The molecule has 0 spiro atoms. The Bertz CT molecular complexity index is 392. The molecule has 3 rings (SSSR count). The zero-order valence-corrected chi connectivity index (χ0v) is 11.2. The molecule has 6 heteroatoms. The first kappa shape index (κ1) is 12.7. The van der Waals surface area contributed by atoms with E-state index in [0.29, 0.717) is 26.2 Å². The molecule has 0 aromatic heterocycles. The molecule has 1 saturated carbocycles. The molecule has 0 radical (unpaired) electrons. The highest BCUT2D eigenvalue weighted by Gasteiger charge is 2.43. The number of nitrogens with one attached hydrogen (secondary N) is 1. The van der Waals surface area contributed by atoms with E-state index in [0.717, 1.165) is 25.7 Å². The predicted octanol–water partition coefficient (Wildman–Crippen LogP) is -0.116. The molecule has 1 unspecified atom stereocenters. The summed E-state index contributed by atoms with van der Waals surface area (Å²) in [6.45, 7) is 2.50. The second kappa shape index (κ2) is 4.67. The number of carbonyl (C=O) groups is 2. The third-order valence-corrected chi connectivity index (χ3v) is 4.69. The Morgan fingerprint density at radius 1 is 1.26 bits per heavy atom. The van der Waals surface area contributed by atoms with Gasteiger partial charge in [-0.25, -0.2) is 4.79 Å². The van der Waals surface area contributed by atoms with E-state index >= 15 is 0 Å². The van der Waals surface area contributed by atoms with Crippen molar-refractivity contribution in [1.82, 2.24) is 15.1 Å². The maximum atomic E-state index is 12.6. The van der Waals surface area contributed by atoms with Crippen molar-refractivity contribution in [2.75, 3.05) is 26.2 Å². The van der Waals surface area contributed by atoms with E-state index in [1.165, 1.54) is 6.42 Å². The average molecular weight is 266 g/mol. The van der Waals surface area contributed by atoms with Crippen molar-refractivity contribution in [3.05, 3.63) is 0 Å². The Morgan fingerprint density at radius 3 is 2.74 bits per heavy atom. The van der Waals surface area contributed by atoms with E-state index in [4.69, 9.17) is 5.73 Å². The van der Waals surface area contributed by atoms with Gasteiger partial charge in [0.05, 0.1) is 11.6 Å². The van der Waals surface area contributed by atoms with Crippen molar-refractivity contribution in [3.8, 4) is 0 Å². The van der Waals surface area contributed by atoms with Gasteiger partial charge in [0.2, 0.25) is 5.91 Å². The Kier molecular flexibility index (Phi) is 3.12. The number of fused-ring (bicyclic) bond motifs is 1. The van der Waals surface area contributed by atoms with Crippen LogP contribution < -0.4 is 11.1 Å². The van der Waals surface area contributed by atoms with Gasteiger partial charge in [0.1, 0.15) is 0 Å². The van der Waals surface area contributed by atoms with Gasteiger partial charge in [-0.1, -0.05) is 19.3 Å². The van der Waals surface area contributed by atoms with E-state index in [2.05, 4.69) is 5.32 Å². The normalized spacial score (nSPS) is 29.9. The van der Waals surface area contributed by atoms with Crippen LogP contribution in [0.15, 0.2) is 0 Å². The molecule has 106 valence electrons. The van der Waals surface area contributed by atoms with Gasteiger partial charge in [-0.15, -0.1) is 0 Å². The van der Waals surface area contributed by atoms with Crippen LogP contribution in [-0.2, 0) is 4.79 Å². The highest BCUT2D eigenvalue weighted by Crippen LogP contribution is 2.28. The first-order valence-electron chi connectivity index (χ1n) is 7.23. The quantitative estimate of drug-likeness (QED) is 0.695. The van der Waals surface area contributed by atoms with Crippen LogP contribution >= 0.6 is 0 Å². The van der Waals surface area contributed by atoms with Gasteiger partial charge in [0.25, 0.3) is 0 Å². The molecule has 1 atom stereocenters. The third-order valence-electron chi connectivity index (χ3n) is 4.69. The summed E-state index contributed by atoms with van der Waals surface area (Å²) in [6.07, 6.45) is 4.88. The predicted molar refractivity (Wildman–Crippen MR) is 70.5 cm³/mol. The van der Waals surface area contributed by atoms with Crippen LogP contribution in [0.25, 0.3) is 0 Å². The fraction of sp³-hybridized carbons (Fsp3) is 0.846. The molecule has 2 heterocycles. The third kappa shape index (κ3) is 2.18. The van der Waals surface area contributed by atoms with Crippen LogP contribution in [0.2, 0.25) is 0 Å². The van der Waals surface area contributed by atoms with Crippen molar-refractivity contribution >= 4 is 11.9 Å². The van der Waals surface area contributed by atoms with Crippen molar-refractivity contribution in [3.63, 3.8) is 0 Å². The number of nitrogens with two attached hydrogens (primary N) is 1. The molecule has 3 amide bonds. The van der Waals surface area contributed by atoms with E-state index in [1.54, 1.807) is 0 Å². The number of nitrogens with zero attached hydrogens (tertiary/aromatic N) is 2. The minimum Gasteiger partial charge on any atom is -0.337 e. The zero-order valence-electron chi connectivity index (χ0n) is 11.2. The SMILES string of the molecule is NC1(C(=O)N2CCN3C(=O)NCC3C2)CCCCC1. The molecule has 2 aliphatic heterocycles. The van der Waals surface area contributed by atoms with E-state index in [-0.39, 0.29) is 18.0 Å². The van der Waals surface area contributed by atoms with Crippen LogP contribution in [0.3, 0.4) is 0 Å². The number of rotatable bonds is 1. The minimum atomic E-state index is -0.656. The second-order valence-corrected chi connectivity index (χ2v) is 6.00. The maximum Gasteiger partial charge on any atom is 0.317 e. The molecule has 0 bridgehead atoms. The van der Waals surface area contributed by atoms with E-state index in [1.807, 2.05) is 9.80 Å². The molecule has 3 fully saturated rings. The standard InChI is InChI=1S/C13H22N4O2/c14-13(4-2-1-3-5-13)11(18)16-6-7-17-10(9-16)8-15-12(17)19/h10H,1-9,14H2,(H,15,19). The maximum absolute atomic E-state index is 12.6. The van der Waals surface area contributed by atoms with E-state index < -0.39 is 5.54 Å². The zero-order chi connectivity index (χ0) is 13.5. The van der Waals surface area contributed by atoms with Gasteiger partial charge in [0, 0.05) is 26.2 Å². The van der Waals surface area contributed by atoms with Crippen molar-refractivity contribution in [1.29, 1.82) is 0 Å². The van der Waals surface area contributed by atoms with Crippen molar-refractivity contribution in [2.24, 2.45) is 5.73 Å². The molecule has 19 heavy (non-hydrogen) atoms. The summed E-state index contributed by atoms with van der Waals surface area (Å²) >= 11 is 0. The Morgan fingerprint density at radius 2 is 2.00 bits per heavy atom. The Labute approximate surface area is 113 Å². The lowest BCUT2D eigenvalue weighted by Crippen LogP contribution is -2.62. The lowest BCUT2D eigenvalue weighted by atomic mass is 9.81. The lowest BCUT2D eigenvalue weighted by molar-refractivity contribution is -0.140. The molecular weight excluding hydrogens is 244 g/mol. The van der Waals surface area contributed by atoms with Crippen LogP contribution in [0.5, 0.6) is 0 Å². The first-order chi connectivity index (χ1) is 9.10.